The molecule has 26 heavy (non-hydrogen) atoms. The monoisotopic (exact) mass is 364 g/mol. The van der Waals surface area contributed by atoms with Gasteiger partial charge in [-0.2, -0.15) is 0 Å². The Kier molecular flexibility index (Phi) is 4.26. The minimum absolute atomic E-state index is 0.210. The zero-order valence-corrected chi connectivity index (χ0v) is 15.2. The van der Waals surface area contributed by atoms with Crippen LogP contribution in [-0.2, 0) is 11.3 Å². The SMILES string of the molecule is Cc1ccc(COC(=O)c2cc(-c3cccs3)nc3onc(C)c23)cc1. The van der Waals surface area contributed by atoms with E-state index in [1.54, 1.807) is 24.3 Å². The molecular weight excluding hydrogens is 348 g/mol. The normalized spacial score (nSPS) is 11.0. The van der Waals surface area contributed by atoms with E-state index >= 15 is 0 Å². The Labute approximate surface area is 154 Å². The van der Waals surface area contributed by atoms with E-state index in [0.29, 0.717) is 28.1 Å². The summed E-state index contributed by atoms with van der Waals surface area (Å²) in [5.74, 6) is -0.415. The van der Waals surface area contributed by atoms with E-state index in [4.69, 9.17) is 9.26 Å². The predicted octanol–water partition coefficient (Wildman–Crippen LogP) is 4.93. The molecule has 3 heterocycles. The van der Waals surface area contributed by atoms with Gasteiger partial charge in [-0.05, 0) is 36.9 Å². The molecule has 5 nitrogen and oxygen atoms in total. The molecule has 0 aliphatic heterocycles. The smallest absolute Gasteiger partial charge is 0.339 e. The molecule has 0 atom stereocenters. The fraction of sp³-hybridized carbons (Fsp3) is 0.150. The molecule has 0 saturated heterocycles. The molecule has 4 aromatic rings. The van der Waals surface area contributed by atoms with Crippen LogP contribution in [0.15, 0.2) is 52.4 Å². The number of hydrogen-bond donors (Lipinski definition) is 0. The lowest BCUT2D eigenvalue weighted by molar-refractivity contribution is 0.0475. The first-order chi connectivity index (χ1) is 12.6. The first kappa shape index (κ1) is 16.5. The van der Waals surface area contributed by atoms with E-state index in [9.17, 15) is 4.79 Å². The van der Waals surface area contributed by atoms with E-state index in [2.05, 4.69) is 10.1 Å². The van der Waals surface area contributed by atoms with Gasteiger partial charge in [-0.25, -0.2) is 9.78 Å². The van der Waals surface area contributed by atoms with Crippen molar-refractivity contribution in [2.24, 2.45) is 0 Å². The van der Waals surface area contributed by atoms with E-state index in [1.165, 1.54) is 0 Å². The highest BCUT2D eigenvalue weighted by molar-refractivity contribution is 7.13. The minimum Gasteiger partial charge on any atom is -0.457 e. The van der Waals surface area contributed by atoms with Gasteiger partial charge >= 0.3 is 5.97 Å². The molecule has 0 aliphatic rings. The second kappa shape index (κ2) is 6.72. The number of ether oxygens (including phenoxy) is 1. The Balaban J connectivity index is 1.68. The Morgan fingerprint density at radius 1 is 1.19 bits per heavy atom. The Morgan fingerprint density at radius 2 is 2.00 bits per heavy atom. The average Bonchev–Trinajstić information content (AvgIpc) is 3.31. The molecule has 1 aromatic carbocycles. The summed E-state index contributed by atoms with van der Waals surface area (Å²) < 4.78 is 10.8. The highest BCUT2D eigenvalue weighted by atomic mass is 32.1. The van der Waals surface area contributed by atoms with Crippen molar-refractivity contribution in [1.82, 2.24) is 10.1 Å². The first-order valence-electron chi connectivity index (χ1n) is 8.15. The van der Waals surface area contributed by atoms with Crippen LogP contribution in [0.2, 0.25) is 0 Å². The lowest BCUT2D eigenvalue weighted by Crippen LogP contribution is -2.07. The van der Waals surface area contributed by atoms with Crippen molar-refractivity contribution in [3.63, 3.8) is 0 Å². The van der Waals surface area contributed by atoms with Crippen LogP contribution in [0.25, 0.3) is 21.7 Å². The maximum absolute atomic E-state index is 12.8. The third-order valence-corrected chi connectivity index (χ3v) is 4.99. The second-order valence-electron chi connectivity index (χ2n) is 6.04. The average molecular weight is 364 g/mol. The standard InChI is InChI=1S/C20H16N2O3S/c1-12-5-7-14(8-6-12)11-24-20(23)15-10-16(17-4-3-9-26-17)21-19-18(15)13(2)22-25-19/h3-10H,11H2,1-2H3. The number of pyridine rings is 1. The fourth-order valence-electron chi connectivity index (χ4n) is 2.72. The molecule has 4 rings (SSSR count). The largest absolute Gasteiger partial charge is 0.457 e. The number of thiophene rings is 1. The van der Waals surface area contributed by atoms with Crippen LogP contribution in [0, 0.1) is 13.8 Å². The number of carbonyl (C=O) groups excluding carboxylic acids is 1. The third-order valence-electron chi connectivity index (χ3n) is 4.10. The van der Waals surface area contributed by atoms with Gasteiger partial charge in [0.15, 0.2) is 0 Å². The Morgan fingerprint density at radius 3 is 2.73 bits per heavy atom. The number of aromatic nitrogens is 2. The number of hydrogen-bond acceptors (Lipinski definition) is 6. The van der Waals surface area contributed by atoms with E-state index < -0.39 is 5.97 Å². The van der Waals surface area contributed by atoms with Gasteiger partial charge in [0.1, 0.15) is 6.61 Å². The van der Waals surface area contributed by atoms with Crippen LogP contribution in [0.1, 0.15) is 27.2 Å². The van der Waals surface area contributed by atoms with Crippen molar-refractivity contribution in [3.05, 3.63) is 70.2 Å². The van der Waals surface area contributed by atoms with Gasteiger partial charge in [-0.15, -0.1) is 11.3 Å². The third kappa shape index (κ3) is 3.11. The van der Waals surface area contributed by atoms with Crippen molar-refractivity contribution in [2.45, 2.75) is 20.5 Å². The number of carbonyl (C=O) groups is 1. The molecular formula is C20H16N2O3S. The molecule has 130 valence electrons. The molecule has 0 aliphatic carbocycles. The number of aryl methyl sites for hydroxylation is 2. The maximum Gasteiger partial charge on any atom is 0.339 e. The maximum atomic E-state index is 12.8. The molecule has 0 fully saturated rings. The van der Waals surface area contributed by atoms with Crippen LogP contribution >= 0.6 is 11.3 Å². The van der Waals surface area contributed by atoms with Crippen molar-refractivity contribution < 1.29 is 14.1 Å². The van der Waals surface area contributed by atoms with Crippen LogP contribution in [-0.4, -0.2) is 16.1 Å². The van der Waals surface area contributed by atoms with Crippen molar-refractivity contribution in [2.75, 3.05) is 0 Å². The number of esters is 1. The van der Waals surface area contributed by atoms with Gasteiger partial charge in [0.25, 0.3) is 5.71 Å². The summed E-state index contributed by atoms with van der Waals surface area (Å²) in [4.78, 5) is 18.2. The summed E-state index contributed by atoms with van der Waals surface area (Å²) >= 11 is 1.55. The fourth-order valence-corrected chi connectivity index (χ4v) is 3.40. The quantitative estimate of drug-likeness (QED) is 0.481. The predicted molar refractivity (Wildman–Crippen MR) is 100 cm³/mol. The van der Waals surface area contributed by atoms with Crippen LogP contribution in [0.4, 0.5) is 0 Å². The minimum atomic E-state index is -0.415. The molecule has 6 heteroatoms. The topological polar surface area (TPSA) is 65.2 Å². The highest BCUT2D eigenvalue weighted by Gasteiger charge is 2.20. The number of rotatable bonds is 4. The number of benzene rings is 1. The summed E-state index contributed by atoms with van der Waals surface area (Å²) in [7, 11) is 0. The van der Waals surface area contributed by atoms with Gasteiger partial charge in [-0.3, -0.25) is 0 Å². The van der Waals surface area contributed by atoms with E-state index in [1.807, 2.05) is 48.7 Å². The van der Waals surface area contributed by atoms with Crippen molar-refractivity contribution in [1.29, 1.82) is 0 Å². The first-order valence-corrected chi connectivity index (χ1v) is 9.03. The van der Waals surface area contributed by atoms with Gasteiger partial charge in [0.05, 0.1) is 27.2 Å². The zero-order chi connectivity index (χ0) is 18.1. The lowest BCUT2D eigenvalue weighted by atomic mass is 10.1. The zero-order valence-electron chi connectivity index (χ0n) is 14.4. The number of nitrogens with zero attached hydrogens (tertiary/aromatic N) is 2. The molecule has 3 aromatic heterocycles. The van der Waals surface area contributed by atoms with Crippen molar-refractivity contribution in [3.8, 4) is 10.6 Å². The Hall–Kier alpha value is -2.99. The summed E-state index contributed by atoms with van der Waals surface area (Å²) in [6.07, 6.45) is 0. The summed E-state index contributed by atoms with van der Waals surface area (Å²) in [5, 5.41) is 6.50. The van der Waals surface area contributed by atoms with E-state index in [0.717, 1.165) is 16.0 Å². The molecule has 0 spiro atoms. The molecule has 0 amide bonds. The van der Waals surface area contributed by atoms with E-state index in [-0.39, 0.29) is 6.61 Å². The molecule has 0 bridgehead atoms. The van der Waals surface area contributed by atoms with Gasteiger partial charge in [0.2, 0.25) is 0 Å². The summed E-state index contributed by atoms with van der Waals surface area (Å²) in [6, 6.07) is 13.5. The van der Waals surface area contributed by atoms with Crippen LogP contribution in [0.5, 0.6) is 0 Å². The van der Waals surface area contributed by atoms with Gasteiger partial charge < -0.3 is 9.26 Å². The molecule has 0 radical (unpaired) electrons. The molecule has 0 saturated carbocycles. The summed E-state index contributed by atoms with van der Waals surface area (Å²) in [6.45, 7) is 4.01. The molecule has 0 N–H and O–H groups in total. The van der Waals surface area contributed by atoms with Crippen LogP contribution in [0.3, 0.4) is 0 Å². The Bertz CT molecular complexity index is 1070. The lowest BCUT2D eigenvalue weighted by Gasteiger charge is -2.07. The highest BCUT2D eigenvalue weighted by Crippen LogP contribution is 2.29. The van der Waals surface area contributed by atoms with Gasteiger partial charge in [0, 0.05) is 0 Å². The van der Waals surface area contributed by atoms with Crippen molar-refractivity contribution >= 4 is 28.4 Å². The number of fused-ring (bicyclic) bond motifs is 1. The molecule has 0 unspecified atom stereocenters. The second-order valence-corrected chi connectivity index (χ2v) is 6.99. The summed E-state index contributed by atoms with van der Waals surface area (Å²) in [5.41, 5.74) is 4.16. The van der Waals surface area contributed by atoms with Crippen LogP contribution < -0.4 is 0 Å². The van der Waals surface area contributed by atoms with Gasteiger partial charge in [-0.1, -0.05) is 41.1 Å².